The second kappa shape index (κ2) is 4.96. The predicted octanol–water partition coefficient (Wildman–Crippen LogP) is 3.33. The Labute approximate surface area is 91.4 Å². The smallest absolute Gasteiger partial charge is 0.307 e. The molecule has 0 aliphatic heterocycles. The highest BCUT2D eigenvalue weighted by Gasteiger charge is 2.01. The molecule has 74 valence electrons. The van der Waals surface area contributed by atoms with Crippen molar-refractivity contribution in [2.24, 2.45) is 0 Å². The Morgan fingerprint density at radius 3 is 2.71 bits per heavy atom. The van der Waals surface area contributed by atoms with Crippen LogP contribution in [0.2, 0.25) is 0 Å². The van der Waals surface area contributed by atoms with E-state index in [1.54, 1.807) is 6.08 Å². The van der Waals surface area contributed by atoms with Crippen molar-refractivity contribution in [1.29, 1.82) is 0 Å². The molecule has 0 heterocycles. The summed E-state index contributed by atoms with van der Waals surface area (Å²) in [4.78, 5) is 10.4. The minimum absolute atomic E-state index is 0.0627. The average molecular weight is 255 g/mol. The number of hydrogen-bond acceptors (Lipinski definition) is 1. The van der Waals surface area contributed by atoms with Gasteiger partial charge in [0.15, 0.2) is 0 Å². The van der Waals surface area contributed by atoms with Crippen molar-refractivity contribution in [3.05, 3.63) is 40.4 Å². The zero-order valence-electron chi connectivity index (χ0n) is 7.83. The van der Waals surface area contributed by atoms with Gasteiger partial charge in [-0.2, -0.15) is 0 Å². The van der Waals surface area contributed by atoms with Gasteiger partial charge < -0.3 is 5.11 Å². The Bertz CT molecular complexity index is 369. The molecule has 0 aliphatic rings. The van der Waals surface area contributed by atoms with Crippen LogP contribution in [0.25, 0.3) is 5.57 Å². The van der Waals surface area contributed by atoms with E-state index in [1.165, 1.54) is 0 Å². The van der Waals surface area contributed by atoms with Crippen molar-refractivity contribution in [3.8, 4) is 0 Å². The first kappa shape index (κ1) is 11.0. The highest BCUT2D eigenvalue weighted by atomic mass is 79.9. The molecule has 0 atom stereocenters. The first-order valence-corrected chi connectivity index (χ1v) is 5.04. The van der Waals surface area contributed by atoms with E-state index < -0.39 is 5.97 Å². The van der Waals surface area contributed by atoms with Gasteiger partial charge in [0.2, 0.25) is 0 Å². The van der Waals surface area contributed by atoms with Gasteiger partial charge in [-0.25, -0.2) is 0 Å². The molecule has 1 aromatic rings. The van der Waals surface area contributed by atoms with E-state index in [2.05, 4.69) is 15.9 Å². The molecule has 2 nitrogen and oxygen atoms in total. The molecule has 3 heteroatoms. The maximum atomic E-state index is 10.4. The van der Waals surface area contributed by atoms with Gasteiger partial charge in [-0.1, -0.05) is 40.2 Å². The van der Waals surface area contributed by atoms with Crippen molar-refractivity contribution in [1.82, 2.24) is 0 Å². The van der Waals surface area contributed by atoms with E-state index in [0.717, 1.165) is 15.6 Å². The third-order valence-corrected chi connectivity index (χ3v) is 2.57. The lowest BCUT2D eigenvalue weighted by Crippen LogP contribution is -1.91. The molecule has 1 rings (SSSR count). The number of carboxylic acid groups (broad SMARTS) is 1. The van der Waals surface area contributed by atoms with E-state index in [-0.39, 0.29) is 6.42 Å². The minimum atomic E-state index is -0.809. The van der Waals surface area contributed by atoms with Gasteiger partial charge in [-0.3, -0.25) is 4.79 Å². The Morgan fingerprint density at radius 1 is 1.50 bits per heavy atom. The maximum Gasteiger partial charge on any atom is 0.307 e. The first-order chi connectivity index (χ1) is 6.61. The molecule has 0 fully saturated rings. The van der Waals surface area contributed by atoms with E-state index in [0.29, 0.717) is 0 Å². The zero-order valence-corrected chi connectivity index (χ0v) is 9.41. The highest BCUT2D eigenvalue weighted by molar-refractivity contribution is 9.10. The molecule has 1 aromatic carbocycles. The van der Waals surface area contributed by atoms with Crippen LogP contribution in [0.15, 0.2) is 34.8 Å². The second-order valence-corrected chi connectivity index (χ2v) is 3.82. The fourth-order valence-electron chi connectivity index (χ4n) is 1.13. The summed E-state index contributed by atoms with van der Waals surface area (Å²) >= 11 is 3.42. The quantitative estimate of drug-likeness (QED) is 0.899. The minimum Gasteiger partial charge on any atom is -0.481 e. The number of carbonyl (C=O) groups is 1. The molecule has 0 amide bonds. The molecular formula is C11H11BrO2. The topological polar surface area (TPSA) is 37.3 Å². The summed E-state index contributed by atoms with van der Waals surface area (Å²) < 4.78 is 0.985. The van der Waals surface area contributed by atoms with E-state index in [1.807, 2.05) is 31.2 Å². The van der Waals surface area contributed by atoms with Crippen molar-refractivity contribution < 1.29 is 9.90 Å². The van der Waals surface area contributed by atoms with Gasteiger partial charge in [0, 0.05) is 4.47 Å². The van der Waals surface area contributed by atoms with Crippen LogP contribution in [0.1, 0.15) is 18.9 Å². The van der Waals surface area contributed by atoms with E-state index in [4.69, 9.17) is 5.11 Å². The first-order valence-electron chi connectivity index (χ1n) is 4.24. The largest absolute Gasteiger partial charge is 0.481 e. The Kier molecular flexibility index (Phi) is 3.89. The normalized spacial score (nSPS) is 11.4. The van der Waals surface area contributed by atoms with Gasteiger partial charge in [-0.15, -0.1) is 0 Å². The van der Waals surface area contributed by atoms with Crippen LogP contribution < -0.4 is 0 Å². The summed E-state index contributed by atoms with van der Waals surface area (Å²) in [7, 11) is 0. The lowest BCUT2D eigenvalue weighted by molar-refractivity contribution is -0.135. The number of halogens is 1. The summed E-state index contributed by atoms with van der Waals surface area (Å²) in [6.45, 7) is 1.91. The van der Waals surface area contributed by atoms with Crippen LogP contribution in [0.4, 0.5) is 0 Å². The number of rotatable bonds is 3. The molecule has 0 saturated carbocycles. The number of hydrogen-bond donors (Lipinski definition) is 1. The number of allylic oxidation sites excluding steroid dienone is 1. The molecule has 0 aromatic heterocycles. The van der Waals surface area contributed by atoms with Gasteiger partial charge in [0.05, 0.1) is 6.42 Å². The SMILES string of the molecule is C/C(=C\CC(=O)O)c1ccccc1Br. The van der Waals surface area contributed by atoms with Crippen LogP contribution in [-0.4, -0.2) is 11.1 Å². The number of carboxylic acids is 1. The van der Waals surface area contributed by atoms with Crippen LogP contribution in [-0.2, 0) is 4.79 Å². The maximum absolute atomic E-state index is 10.4. The fraction of sp³-hybridized carbons (Fsp3) is 0.182. The van der Waals surface area contributed by atoms with E-state index in [9.17, 15) is 4.79 Å². The lowest BCUT2D eigenvalue weighted by atomic mass is 10.1. The third kappa shape index (κ3) is 3.00. The molecule has 0 unspecified atom stereocenters. The molecule has 1 N–H and O–H groups in total. The Morgan fingerprint density at radius 2 is 2.14 bits per heavy atom. The fourth-order valence-corrected chi connectivity index (χ4v) is 1.73. The van der Waals surface area contributed by atoms with E-state index >= 15 is 0 Å². The molecule has 0 aliphatic carbocycles. The molecular weight excluding hydrogens is 244 g/mol. The highest BCUT2D eigenvalue weighted by Crippen LogP contribution is 2.23. The van der Waals surface area contributed by atoms with Gasteiger partial charge in [0.1, 0.15) is 0 Å². The molecule has 0 spiro atoms. The summed E-state index contributed by atoms with van der Waals surface area (Å²) in [6.07, 6.45) is 1.77. The van der Waals surface area contributed by atoms with Crippen molar-refractivity contribution in [2.75, 3.05) is 0 Å². The van der Waals surface area contributed by atoms with Crippen LogP contribution in [0.5, 0.6) is 0 Å². The average Bonchev–Trinajstić information content (AvgIpc) is 2.15. The molecule has 0 radical (unpaired) electrons. The summed E-state index contributed by atoms with van der Waals surface area (Å²) in [5, 5.41) is 8.52. The summed E-state index contributed by atoms with van der Waals surface area (Å²) in [5.74, 6) is -0.809. The van der Waals surface area contributed by atoms with Crippen molar-refractivity contribution in [3.63, 3.8) is 0 Å². The second-order valence-electron chi connectivity index (χ2n) is 2.96. The summed E-state index contributed by atoms with van der Waals surface area (Å²) in [6, 6.07) is 7.75. The number of aliphatic carboxylic acids is 1. The van der Waals surface area contributed by atoms with Crippen molar-refractivity contribution in [2.45, 2.75) is 13.3 Å². The summed E-state index contributed by atoms with van der Waals surface area (Å²) in [5.41, 5.74) is 2.01. The van der Waals surface area contributed by atoms with Crippen LogP contribution >= 0.6 is 15.9 Å². The Balaban J connectivity index is 2.89. The number of benzene rings is 1. The Hall–Kier alpha value is -1.09. The zero-order chi connectivity index (χ0) is 10.6. The standard InChI is InChI=1S/C11H11BrO2/c1-8(6-7-11(13)14)9-4-2-3-5-10(9)12/h2-6H,7H2,1H3,(H,13,14)/b8-6+. The molecule has 0 bridgehead atoms. The van der Waals surface area contributed by atoms with Crippen LogP contribution in [0, 0.1) is 0 Å². The molecule has 14 heavy (non-hydrogen) atoms. The monoisotopic (exact) mass is 254 g/mol. The predicted molar refractivity (Wildman–Crippen MR) is 60.0 cm³/mol. The van der Waals surface area contributed by atoms with Gasteiger partial charge >= 0.3 is 5.97 Å². The van der Waals surface area contributed by atoms with Crippen LogP contribution in [0.3, 0.4) is 0 Å². The lowest BCUT2D eigenvalue weighted by Gasteiger charge is -2.03. The van der Waals surface area contributed by atoms with Crippen molar-refractivity contribution >= 4 is 27.5 Å². The van der Waals surface area contributed by atoms with Gasteiger partial charge in [0.25, 0.3) is 0 Å². The molecule has 0 saturated heterocycles. The van der Waals surface area contributed by atoms with Gasteiger partial charge in [-0.05, 0) is 24.1 Å². The third-order valence-electron chi connectivity index (χ3n) is 1.88.